The lowest BCUT2D eigenvalue weighted by Crippen LogP contribution is -2.31. The monoisotopic (exact) mass is 425 g/mol. The highest BCUT2D eigenvalue weighted by molar-refractivity contribution is 6.33. The van der Waals surface area contributed by atoms with E-state index in [9.17, 15) is 9.18 Å². The van der Waals surface area contributed by atoms with E-state index in [0.717, 1.165) is 28.0 Å². The molecule has 154 valence electrons. The molecule has 0 aliphatic rings. The lowest BCUT2D eigenvalue weighted by molar-refractivity contribution is -0.131. The van der Waals surface area contributed by atoms with E-state index in [-0.39, 0.29) is 18.1 Å². The highest BCUT2D eigenvalue weighted by atomic mass is 35.5. The van der Waals surface area contributed by atoms with E-state index in [1.165, 1.54) is 12.1 Å². The van der Waals surface area contributed by atoms with Gasteiger partial charge in [0.2, 0.25) is 5.91 Å². The number of halogens is 2. The fraction of sp³-hybridized carbons (Fsp3) is 0.217. The number of likely N-dealkylation sites (N-methyl/N-ethyl adjacent to an activating group) is 1. The summed E-state index contributed by atoms with van der Waals surface area (Å²) in [5.74, 6) is 0.175. The minimum Gasteiger partial charge on any atom is -0.359 e. The van der Waals surface area contributed by atoms with Gasteiger partial charge in [-0.05, 0) is 43.7 Å². The molecule has 4 aromatic rings. The van der Waals surface area contributed by atoms with Gasteiger partial charge in [0.15, 0.2) is 5.76 Å². The van der Waals surface area contributed by atoms with E-state index in [4.69, 9.17) is 16.1 Å². The second kappa shape index (κ2) is 8.32. The highest BCUT2D eigenvalue weighted by Gasteiger charge is 2.22. The zero-order valence-corrected chi connectivity index (χ0v) is 17.5. The van der Waals surface area contributed by atoms with Crippen molar-refractivity contribution in [3.05, 3.63) is 76.4 Å². The van der Waals surface area contributed by atoms with Gasteiger partial charge < -0.3 is 14.4 Å². The van der Waals surface area contributed by atoms with Crippen molar-refractivity contribution in [2.45, 2.75) is 26.8 Å². The van der Waals surface area contributed by atoms with Crippen LogP contribution < -0.4 is 0 Å². The van der Waals surface area contributed by atoms with Gasteiger partial charge in [-0.3, -0.25) is 4.79 Å². The number of hydrogen-bond donors (Lipinski definition) is 1. The van der Waals surface area contributed by atoms with Crippen LogP contribution in [-0.4, -0.2) is 27.5 Å². The van der Waals surface area contributed by atoms with Crippen LogP contribution in [0.15, 0.2) is 53.1 Å². The fourth-order valence-corrected chi connectivity index (χ4v) is 3.85. The molecule has 2 heterocycles. The summed E-state index contributed by atoms with van der Waals surface area (Å²) in [4.78, 5) is 18.2. The van der Waals surface area contributed by atoms with Gasteiger partial charge in [0.05, 0.1) is 24.4 Å². The third-order valence-corrected chi connectivity index (χ3v) is 5.43. The van der Waals surface area contributed by atoms with Crippen LogP contribution in [0.4, 0.5) is 4.39 Å². The Morgan fingerprint density at radius 1 is 1.23 bits per heavy atom. The summed E-state index contributed by atoms with van der Waals surface area (Å²) in [5, 5.41) is 5.11. The molecular weight excluding hydrogens is 405 g/mol. The molecule has 0 bridgehead atoms. The van der Waals surface area contributed by atoms with Crippen molar-refractivity contribution in [2.24, 2.45) is 0 Å². The Hall–Kier alpha value is -3.12. The first-order valence-corrected chi connectivity index (χ1v) is 10.1. The summed E-state index contributed by atoms with van der Waals surface area (Å²) in [6.07, 6.45) is 0.102. The van der Waals surface area contributed by atoms with Crippen LogP contribution in [0, 0.1) is 12.7 Å². The van der Waals surface area contributed by atoms with E-state index >= 15 is 0 Å². The van der Waals surface area contributed by atoms with E-state index < -0.39 is 0 Å². The van der Waals surface area contributed by atoms with Crippen molar-refractivity contribution in [2.75, 3.05) is 6.54 Å². The predicted octanol–water partition coefficient (Wildman–Crippen LogP) is 5.52. The summed E-state index contributed by atoms with van der Waals surface area (Å²) in [5.41, 5.74) is 3.73. The van der Waals surface area contributed by atoms with Gasteiger partial charge >= 0.3 is 0 Å². The van der Waals surface area contributed by atoms with Crippen molar-refractivity contribution in [1.82, 2.24) is 15.0 Å². The van der Waals surface area contributed by atoms with Crippen LogP contribution in [0.2, 0.25) is 5.02 Å². The second-order valence-corrected chi connectivity index (χ2v) is 7.57. The Morgan fingerprint density at radius 2 is 2.03 bits per heavy atom. The maximum atomic E-state index is 14.0. The quantitative estimate of drug-likeness (QED) is 0.442. The minimum atomic E-state index is -0.356. The molecule has 1 N–H and O–H groups in total. The van der Waals surface area contributed by atoms with Crippen LogP contribution in [0.1, 0.15) is 23.9 Å². The first kappa shape index (κ1) is 20.2. The van der Waals surface area contributed by atoms with Crippen molar-refractivity contribution < 1.29 is 13.7 Å². The number of benzene rings is 2. The van der Waals surface area contributed by atoms with Crippen molar-refractivity contribution in [3.63, 3.8) is 0 Å². The molecule has 4 rings (SSSR count). The van der Waals surface area contributed by atoms with Gasteiger partial charge in [-0.15, -0.1) is 0 Å². The van der Waals surface area contributed by atoms with Gasteiger partial charge in [0, 0.05) is 34.1 Å². The minimum absolute atomic E-state index is 0.0926. The Kier molecular flexibility index (Phi) is 5.59. The zero-order chi connectivity index (χ0) is 21.3. The largest absolute Gasteiger partial charge is 0.359 e. The number of rotatable bonds is 6. The van der Waals surface area contributed by atoms with Crippen LogP contribution >= 0.6 is 11.6 Å². The summed E-state index contributed by atoms with van der Waals surface area (Å²) >= 11 is 6.42. The smallest absolute Gasteiger partial charge is 0.227 e. The van der Waals surface area contributed by atoms with Gasteiger partial charge in [-0.25, -0.2) is 4.39 Å². The molecule has 5 nitrogen and oxygen atoms in total. The number of carbonyl (C=O) groups is 1. The number of hydrogen-bond acceptors (Lipinski definition) is 3. The van der Waals surface area contributed by atoms with Crippen molar-refractivity contribution in [3.8, 4) is 11.3 Å². The number of carbonyl (C=O) groups excluding carboxylic acids is 1. The number of aromatic nitrogens is 2. The number of aromatic amines is 1. The van der Waals surface area contributed by atoms with Crippen molar-refractivity contribution >= 4 is 28.4 Å². The maximum Gasteiger partial charge on any atom is 0.227 e. The molecule has 0 fully saturated rings. The average Bonchev–Trinajstić information content (AvgIpc) is 3.29. The number of nitrogens with one attached hydrogen (secondary N) is 1. The molecule has 2 aromatic heterocycles. The molecule has 0 radical (unpaired) electrons. The molecule has 0 unspecified atom stereocenters. The molecule has 7 heteroatoms. The SMILES string of the molecule is CCN(Cc1cc(C)no1)C(=O)Cc1c(-c2ccccc2Cl)[nH]c2ccc(F)cc12. The molecule has 30 heavy (non-hydrogen) atoms. The summed E-state index contributed by atoms with van der Waals surface area (Å²) < 4.78 is 19.3. The van der Waals surface area contributed by atoms with E-state index in [0.29, 0.717) is 29.3 Å². The van der Waals surface area contributed by atoms with E-state index in [1.54, 1.807) is 17.0 Å². The first-order valence-electron chi connectivity index (χ1n) is 9.71. The summed E-state index contributed by atoms with van der Waals surface area (Å²) in [6.45, 7) is 4.58. The average molecular weight is 426 g/mol. The Labute approximate surface area is 178 Å². The van der Waals surface area contributed by atoms with E-state index in [1.807, 2.05) is 38.1 Å². The predicted molar refractivity (Wildman–Crippen MR) is 115 cm³/mol. The molecule has 0 aliphatic heterocycles. The number of aryl methyl sites for hydroxylation is 1. The number of amides is 1. The standard InChI is InChI=1S/C23H21ClFN3O2/c1-3-28(13-16-10-14(2)27-30-16)22(29)12-19-18-11-15(25)8-9-21(18)26-23(19)17-6-4-5-7-20(17)24/h4-11,26H,3,12-13H2,1-2H3. The van der Waals surface area contributed by atoms with Gasteiger partial charge in [0.25, 0.3) is 0 Å². The van der Waals surface area contributed by atoms with Gasteiger partial charge in [0.1, 0.15) is 5.82 Å². The molecule has 0 spiro atoms. The molecular formula is C23H21ClFN3O2. The first-order chi connectivity index (χ1) is 14.5. The molecule has 0 saturated carbocycles. The number of H-pyrrole nitrogens is 1. The summed E-state index contributed by atoms with van der Waals surface area (Å²) in [6, 6.07) is 13.7. The molecule has 0 saturated heterocycles. The molecule has 0 aliphatic carbocycles. The number of fused-ring (bicyclic) bond motifs is 1. The third kappa shape index (κ3) is 3.96. The third-order valence-electron chi connectivity index (χ3n) is 5.10. The van der Waals surface area contributed by atoms with Crippen molar-refractivity contribution in [1.29, 1.82) is 0 Å². The highest BCUT2D eigenvalue weighted by Crippen LogP contribution is 2.35. The maximum absolute atomic E-state index is 14.0. The number of nitrogens with zero attached hydrogens (tertiary/aromatic N) is 2. The second-order valence-electron chi connectivity index (χ2n) is 7.17. The van der Waals surface area contributed by atoms with E-state index in [2.05, 4.69) is 10.1 Å². The van der Waals surface area contributed by atoms with Gasteiger partial charge in [-0.1, -0.05) is 35.0 Å². The Balaban J connectivity index is 1.73. The van der Waals surface area contributed by atoms with Gasteiger partial charge in [-0.2, -0.15) is 0 Å². The normalized spacial score (nSPS) is 11.2. The van der Waals surface area contributed by atoms with Crippen LogP contribution in [0.25, 0.3) is 22.2 Å². The Morgan fingerprint density at radius 3 is 2.73 bits per heavy atom. The zero-order valence-electron chi connectivity index (χ0n) is 16.7. The van der Waals surface area contributed by atoms with Crippen LogP contribution in [0.3, 0.4) is 0 Å². The van der Waals surface area contributed by atoms with Crippen LogP contribution in [-0.2, 0) is 17.8 Å². The van der Waals surface area contributed by atoms with Crippen LogP contribution in [0.5, 0.6) is 0 Å². The molecule has 0 atom stereocenters. The lowest BCUT2D eigenvalue weighted by atomic mass is 10.0. The topological polar surface area (TPSA) is 62.1 Å². The molecule has 1 amide bonds. The molecule has 2 aromatic carbocycles. The Bertz CT molecular complexity index is 1210. The fourth-order valence-electron chi connectivity index (χ4n) is 3.62. The summed E-state index contributed by atoms with van der Waals surface area (Å²) in [7, 11) is 0. The lowest BCUT2D eigenvalue weighted by Gasteiger charge is -2.19.